The number of nitrogens with zero attached hydrogens (tertiary/aromatic N) is 9. The van der Waals surface area contributed by atoms with Crippen LogP contribution in [0.4, 0.5) is 15.0 Å². The van der Waals surface area contributed by atoms with Crippen LogP contribution in [-0.2, 0) is 4.74 Å². The highest BCUT2D eigenvalue weighted by Crippen LogP contribution is 2.36. The molecule has 2 atom stereocenters. The third-order valence-electron chi connectivity index (χ3n) is 8.19. The zero-order chi connectivity index (χ0) is 31.9. The summed E-state index contributed by atoms with van der Waals surface area (Å²) >= 11 is 0. The minimum atomic E-state index is -0.683. The predicted molar refractivity (Wildman–Crippen MR) is 163 cm³/mol. The van der Waals surface area contributed by atoms with Gasteiger partial charge in [-0.2, -0.15) is 20.3 Å². The Kier molecular flexibility index (Phi) is 8.05. The van der Waals surface area contributed by atoms with Gasteiger partial charge in [0.2, 0.25) is 0 Å². The maximum atomic E-state index is 15.1. The van der Waals surface area contributed by atoms with E-state index in [0.29, 0.717) is 43.0 Å². The normalized spacial score (nSPS) is 19.3. The third-order valence-corrected chi connectivity index (χ3v) is 8.19. The summed E-state index contributed by atoms with van der Waals surface area (Å²) in [5.41, 5.74) is -0.0197. The fourth-order valence-corrected chi connectivity index (χ4v) is 5.98. The van der Waals surface area contributed by atoms with Crippen LogP contribution < -0.4 is 9.64 Å². The number of phenolic OH excluding ortho intramolecular Hbond substituents is 1. The average molecular weight is 618 g/mol. The number of aromatic nitrogens is 5. The van der Waals surface area contributed by atoms with E-state index in [1.165, 1.54) is 22.7 Å². The largest absolute Gasteiger partial charge is 0.507 e. The first-order valence-electron chi connectivity index (χ1n) is 15.0. The third kappa shape index (κ3) is 6.00. The van der Waals surface area contributed by atoms with Gasteiger partial charge in [0, 0.05) is 25.7 Å². The second kappa shape index (κ2) is 12.0. The van der Waals surface area contributed by atoms with E-state index in [1.54, 1.807) is 37.9 Å². The molecule has 13 nitrogen and oxygen atoms in total. The van der Waals surface area contributed by atoms with Crippen LogP contribution in [0, 0.1) is 17.1 Å². The van der Waals surface area contributed by atoms with Crippen LogP contribution in [0.1, 0.15) is 40.0 Å². The molecule has 1 amide bonds. The van der Waals surface area contributed by atoms with Crippen molar-refractivity contribution in [3.05, 3.63) is 36.3 Å². The molecule has 0 bridgehead atoms. The first-order valence-corrected chi connectivity index (χ1v) is 15.0. The number of likely N-dealkylation sites (tertiary alicyclic amines) is 1. The number of nitriles is 1. The molecule has 236 valence electrons. The lowest BCUT2D eigenvalue weighted by molar-refractivity contribution is 0.0145. The van der Waals surface area contributed by atoms with Crippen LogP contribution in [0.25, 0.3) is 27.9 Å². The molecule has 1 aromatic carbocycles. The van der Waals surface area contributed by atoms with E-state index in [4.69, 9.17) is 19.4 Å². The molecule has 2 saturated heterocycles. The fourth-order valence-electron chi connectivity index (χ4n) is 5.98. The van der Waals surface area contributed by atoms with Crippen molar-refractivity contribution in [1.82, 2.24) is 34.4 Å². The van der Waals surface area contributed by atoms with Gasteiger partial charge in [0.05, 0.1) is 41.2 Å². The molecule has 2 fully saturated rings. The summed E-state index contributed by atoms with van der Waals surface area (Å²) in [6, 6.07) is 7.83. The number of anilines is 1. The summed E-state index contributed by atoms with van der Waals surface area (Å²) in [4.78, 5) is 33.1. The molecular formula is C31H36FN9O4. The first kappa shape index (κ1) is 30.3. The lowest BCUT2D eigenvalue weighted by Crippen LogP contribution is -2.56. The van der Waals surface area contributed by atoms with Gasteiger partial charge >= 0.3 is 12.1 Å². The number of rotatable bonds is 6. The molecule has 2 aliphatic heterocycles. The predicted octanol–water partition coefficient (Wildman–Crippen LogP) is 4.00. The second-order valence-electron chi connectivity index (χ2n) is 12.4. The number of benzene rings is 1. The maximum Gasteiger partial charge on any atom is 0.410 e. The molecule has 0 spiro atoms. The van der Waals surface area contributed by atoms with Gasteiger partial charge in [-0.25, -0.2) is 18.7 Å². The number of hydrogen-bond donors (Lipinski definition) is 1. The van der Waals surface area contributed by atoms with Crippen molar-refractivity contribution in [2.24, 2.45) is 0 Å². The Hall–Kier alpha value is -4.77. The average Bonchev–Trinajstić information content (AvgIpc) is 3.64. The number of phenols is 1. The Labute approximate surface area is 259 Å². The number of fused-ring (bicyclic) bond motifs is 3. The van der Waals surface area contributed by atoms with E-state index in [9.17, 15) is 15.2 Å². The zero-order valence-electron chi connectivity index (χ0n) is 25.8. The van der Waals surface area contributed by atoms with Crippen LogP contribution in [0.5, 0.6) is 11.8 Å². The summed E-state index contributed by atoms with van der Waals surface area (Å²) in [5, 5.41) is 25.2. The number of halogens is 1. The summed E-state index contributed by atoms with van der Waals surface area (Å²) in [5.74, 6) is -0.386. The number of aromatic hydroxyl groups is 1. The number of carbonyl (C=O) groups is 1. The lowest BCUT2D eigenvalue weighted by atomic mass is 10.1. The van der Waals surface area contributed by atoms with Gasteiger partial charge in [0.1, 0.15) is 29.6 Å². The standard InChI is InChI=1S/C31H36FN9O4/c1-31(2,3)45-30(43)40-16-15-39(17-19(40)10-12-33)27-25-22-11-13-34-41(22)28(24-21(32)8-5-9-23(24)42)35-26(25)36-29(37-27)44-18-20-7-6-14-38(20)4/h5,8-9,11,13,19-20,42H,6-7,10,14-18H2,1-4H3/t19-,20-/m0/s1. The molecule has 0 radical (unpaired) electrons. The van der Waals surface area contributed by atoms with E-state index in [2.05, 4.69) is 28.1 Å². The Bertz CT molecular complexity index is 1760. The Morgan fingerprint density at radius 1 is 1.16 bits per heavy atom. The van der Waals surface area contributed by atoms with E-state index < -0.39 is 23.6 Å². The van der Waals surface area contributed by atoms with Crippen molar-refractivity contribution in [2.45, 2.75) is 57.7 Å². The van der Waals surface area contributed by atoms with Crippen LogP contribution in [0.2, 0.25) is 0 Å². The molecule has 45 heavy (non-hydrogen) atoms. The lowest BCUT2D eigenvalue weighted by Gasteiger charge is -2.41. The van der Waals surface area contributed by atoms with E-state index in [1.807, 2.05) is 4.90 Å². The van der Waals surface area contributed by atoms with Crippen molar-refractivity contribution in [2.75, 3.05) is 44.7 Å². The van der Waals surface area contributed by atoms with Crippen LogP contribution in [-0.4, -0.2) is 103 Å². The molecule has 2 aliphatic rings. The minimum Gasteiger partial charge on any atom is -0.507 e. The number of likely N-dealkylation sites (N-methyl/N-ethyl adjacent to an activating group) is 1. The monoisotopic (exact) mass is 617 g/mol. The van der Waals surface area contributed by atoms with Crippen LogP contribution >= 0.6 is 0 Å². The maximum absolute atomic E-state index is 15.1. The van der Waals surface area contributed by atoms with Crippen molar-refractivity contribution in [1.29, 1.82) is 5.26 Å². The number of piperazine rings is 1. The molecule has 0 aliphatic carbocycles. The molecule has 14 heteroatoms. The highest BCUT2D eigenvalue weighted by atomic mass is 19.1. The minimum absolute atomic E-state index is 0.0707. The first-order chi connectivity index (χ1) is 21.5. The van der Waals surface area contributed by atoms with Gasteiger partial charge in [0.15, 0.2) is 11.5 Å². The number of hydrogen-bond acceptors (Lipinski definition) is 11. The Balaban J connectivity index is 1.46. The Morgan fingerprint density at radius 2 is 1.98 bits per heavy atom. The molecule has 5 heterocycles. The molecule has 6 rings (SSSR count). The molecule has 0 unspecified atom stereocenters. The number of carbonyl (C=O) groups excluding carboxylic acids is 1. The molecule has 4 aromatic rings. The summed E-state index contributed by atoms with van der Waals surface area (Å²) in [6.45, 7) is 7.73. The van der Waals surface area contributed by atoms with Crippen molar-refractivity contribution >= 4 is 28.5 Å². The Morgan fingerprint density at radius 3 is 2.69 bits per heavy atom. The fraction of sp³-hybridized carbons (Fsp3) is 0.484. The smallest absolute Gasteiger partial charge is 0.410 e. The summed E-state index contributed by atoms with van der Waals surface area (Å²) in [7, 11) is 2.05. The van der Waals surface area contributed by atoms with Gasteiger partial charge in [-0.3, -0.25) is 0 Å². The molecular weight excluding hydrogens is 581 g/mol. The number of amides is 1. The highest BCUT2D eigenvalue weighted by Gasteiger charge is 2.35. The van der Waals surface area contributed by atoms with E-state index >= 15 is 4.39 Å². The van der Waals surface area contributed by atoms with Crippen LogP contribution in [0.3, 0.4) is 0 Å². The van der Waals surface area contributed by atoms with Gasteiger partial charge in [-0.1, -0.05) is 6.07 Å². The topological polar surface area (TPSA) is 145 Å². The van der Waals surface area contributed by atoms with Gasteiger partial charge in [0.25, 0.3) is 0 Å². The van der Waals surface area contributed by atoms with Crippen LogP contribution in [0.15, 0.2) is 30.5 Å². The van der Waals surface area contributed by atoms with Gasteiger partial charge < -0.3 is 29.3 Å². The SMILES string of the molecule is CN1CCC[C@H]1COc1nc(N2CCN(C(=O)OC(C)(C)C)[C@@H](CC#N)C2)c2c(n1)nc(-c1c(O)cccc1F)n1nccc21. The van der Waals surface area contributed by atoms with E-state index in [-0.39, 0.29) is 41.3 Å². The second-order valence-corrected chi connectivity index (χ2v) is 12.4. The molecule has 1 N–H and O–H groups in total. The zero-order valence-corrected chi connectivity index (χ0v) is 25.8. The highest BCUT2D eigenvalue weighted by molar-refractivity contribution is 6.01. The molecule has 3 aromatic heterocycles. The van der Waals surface area contributed by atoms with Gasteiger partial charge in [-0.05, 0) is 65.4 Å². The number of ether oxygens (including phenoxy) is 2. The van der Waals surface area contributed by atoms with Crippen molar-refractivity contribution in [3.63, 3.8) is 0 Å². The van der Waals surface area contributed by atoms with E-state index in [0.717, 1.165) is 19.4 Å². The summed E-state index contributed by atoms with van der Waals surface area (Å²) < 4.78 is 28.3. The molecule has 0 saturated carbocycles. The van der Waals surface area contributed by atoms with Crippen molar-refractivity contribution < 1.29 is 23.8 Å². The quantitative estimate of drug-likeness (QED) is 0.335. The van der Waals surface area contributed by atoms with Gasteiger partial charge in [-0.15, -0.1) is 0 Å². The summed E-state index contributed by atoms with van der Waals surface area (Å²) in [6.07, 6.45) is 3.24. The van der Waals surface area contributed by atoms with Crippen molar-refractivity contribution in [3.8, 4) is 29.2 Å².